The van der Waals surface area contributed by atoms with E-state index < -0.39 is 0 Å². The maximum atomic E-state index is 13.0. The van der Waals surface area contributed by atoms with Gasteiger partial charge in [-0.25, -0.2) is 19.0 Å². The molecule has 0 saturated carbocycles. The van der Waals surface area contributed by atoms with E-state index in [1.807, 2.05) is 6.07 Å². The summed E-state index contributed by atoms with van der Waals surface area (Å²) in [5, 5.41) is 8.21. The fraction of sp³-hybridized carbons (Fsp3) is 0.250. The monoisotopic (exact) mass is 445 g/mol. The average molecular weight is 446 g/mol. The summed E-state index contributed by atoms with van der Waals surface area (Å²) in [5.41, 5.74) is 2.39. The van der Waals surface area contributed by atoms with Crippen molar-refractivity contribution in [2.75, 3.05) is 42.5 Å². The molecule has 9 heteroatoms. The largest absolute Gasteiger partial charge is 0.368 e. The zero-order valence-corrected chi connectivity index (χ0v) is 18.1. The van der Waals surface area contributed by atoms with E-state index in [-0.39, 0.29) is 11.7 Å². The average Bonchev–Trinajstić information content (AvgIpc) is 3.28. The number of carbonyl (C=O) groups excluding carboxylic acids is 1. The number of anilines is 2. The van der Waals surface area contributed by atoms with E-state index >= 15 is 0 Å². The topological polar surface area (TPSA) is 79.2 Å². The minimum absolute atomic E-state index is 0.252. The predicted octanol–water partition coefficient (Wildman–Crippen LogP) is 2.72. The van der Waals surface area contributed by atoms with E-state index in [2.05, 4.69) is 54.4 Å². The zero-order valence-electron chi connectivity index (χ0n) is 18.1. The number of amides is 1. The first-order chi connectivity index (χ1) is 16.2. The summed E-state index contributed by atoms with van der Waals surface area (Å²) in [6.07, 6.45) is 3.35. The Morgan fingerprint density at radius 3 is 2.42 bits per heavy atom. The lowest BCUT2D eigenvalue weighted by Crippen LogP contribution is -2.46. The smallest absolute Gasteiger partial charge is 0.251 e. The minimum Gasteiger partial charge on any atom is -0.368 e. The van der Waals surface area contributed by atoms with Gasteiger partial charge >= 0.3 is 0 Å². The summed E-state index contributed by atoms with van der Waals surface area (Å²) in [6.45, 7) is 4.40. The van der Waals surface area contributed by atoms with Gasteiger partial charge in [0, 0.05) is 44.0 Å². The van der Waals surface area contributed by atoms with Gasteiger partial charge in [0.1, 0.15) is 18.0 Å². The summed E-state index contributed by atoms with van der Waals surface area (Å²) < 4.78 is 14.8. The molecule has 0 bridgehead atoms. The molecule has 1 amide bonds. The summed E-state index contributed by atoms with van der Waals surface area (Å²) in [7, 11) is 0. The third kappa shape index (κ3) is 4.48. The molecule has 0 atom stereocenters. The first-order valence-electron chi connectivity index (χ1n) is 10.9. The molecule has 8 nitrogen and oxygen atoms in total. The number of hydrogen-bond donors (Lipinski definition) is 1. The third-order valence-electron chi connectivity index (χ3n) is 5.83. The van der Waals surface area contributed by atoms with E-state index in [0.717, 1.165) is 43.0 Å². The number of aromatic nitrogens is 4. The predicted molar refractivity (Wildman–Crippen MR) is 125 cm³/mol. The molecule has 2 aromatic carbocycles. The maximum absolute atomic E-state index is 13.0. The molecule has 33 heavy (non-hydrogen) atoms. The van der Waals surface area contributed by atoms with Crippen LogP contribution in [0.2, 0.25) is 0 Å². The van der Waals surface area contributed by atoms with Crippen molar-refractivity contribution in [1.82, 2.24) is 25.1 Å². The van der Waals surface area contributed by atoms with Crippen molar-refractivity contribution in [3.8, 4) is 0 Å². The molecule has 1 fully saturated rings. The van der Waals surface area contributed by atoms with Crippen LogP contribution in [0.25, 0.3) is 11.0 Å². The second kappa shape index (κ2) is 9.23. The standard InChI is InChI=1S/C24H24FN7O/c25-19-8-6-18(7-9-19)24(33)26-10-11-32-23-21(16-29-32)22(27-17-28-23)31-14-12-30(13-15-31)20-4-2-1-3-5-20/h1-9,16-17H,10-15H2,(H,26,33). The van der Waals surface area contributed by atoms with Crippen molar-refractivity contribution >= 4 is 28.4 Å². The number of para-hydroxylation sites is 1. The number of fused-ring (bicyclic) bond motifs is 1. The molecule has 1 aliphatic heterocycles. The van der Waals surface area contributed by atoms with E-state index in [0.29, 0.717) is 18.7 Å². The molecule has 1 saturated heterocycles. The van der Waals surface area contributed by atoms with Crippen LogP contribution < -0.4 is 15.1 Å². The van der Waals surface area contributed by atoms with Gasteiger partial charge in [-0.05, 0) is 36.4 Å². The van der Waals surface area contributed by atoms with Crippen molar-refractivity contribution in [2.24, 2.45) is 0 Å². The molecule has 2 aromatic heterocycles. The number of piperazine rings is 1. The molecule has 0 radical (unpaired) electrons. The van der Waals surface area contributed by atoms with Crippen molar-refractivity contribution in [1.29, 1.82) is 0 Å². The van der Waals surface area contributed by atoms with Crippen LogP contribution in [0, 0.1) is 5.82 Å². The van der Waals surface area contributed by atoms with E-state index in [9.17, 15) is 9.18 Å². The number of carbonyl (C=O) groups is 1. The Balaban J connectivity index is 1.23. The van der Waals surface area contributed by atoms with Gasteiger partial charge in [0.2, 0.25) is 0 Å². The molecule has 4 aromatic rings. The molecule has 168 valence electrons. The van der Waals surface area contributed by atoms with E-state index in [4.69, 9.17) is 0 Å². The highest BCUT2D eigenvalue weighted by atomic mass is 19.1. The van der Waals surface area contributed by atoms with E-state index in [1.165, 1.54) is 30.0 Å². The van der Waals surface area contributed by atoms with Gasteiger partial charge in [-0.1, -0.05) is 18.2 Å². The maximum Gasteiger partial charge on any atom is 0.251 e. The fourth-order valence-electron chi connectivity index (χ4n) is 4.09. The Morgan fingerprint density at radius 1 is 0.939 bits per heavy atom. The van der Waals surface area contributed by atoms with Crippen LogP contribution in [0.1, 0.15) is 10.4 Å². The van der Waals surface area contributed by atoms with Crippen LogP contribution in [-0.2, 0) is 6.54 Å². The lowest BCUT2D eigenvalue weighted by atomic mass is 10.2. The first-order valence-corrected chi connectivity index (χ1v) is 10.9. The van der Waals surface area contributed by atoms with Crippen molar-refractivity contribution in [3.05, 3.63) is 78.5 Å². The van der Waals surface area contributed by atoms with Gasteiger partial charge in [0.25, 0.3) is 5.91 Å². The van der Waals surface area contributed by atoms with Crippen LogP contribution in [-0.4, -0.2) is 58.4 Å². The molecular weight excluding hydrogens is 421 g/mol. The lowest BCUT2D eigenvalue weighted by molar-refractivity contribution is 0.0952. The summed E-state index contributed by atoms with van der Waals surface area (Å²) >= 11 is 0. The van der Waals surface area contributed by atoms with Gasteiger partial charge in [-0.15, -0.1) is 0 Å². The van der Waals surface area contributed by atoms with Crippen LogP contribution in [0.5, 0.6) is 0 Å². The van der Waals surface area contributed by atoms with Crippen molar-refractivity contribution in [2.45, 2.75) is 6.54 Å². The number of halogens is 1. The number of benzene rings is 2. The summed E-state index contributed by atoms with van der Waals surface area (Å²) in [5.74, 6) is 0.263. The lowest BCUT2D eigenvalue weighted by Gasteiger charge is -2.36. The normalized spacial score (nSPS) is 14.0. The minimum atomic E-state index is -0.369. The van der Waals surface area contributed by atoms with Gasteiger partial charge in [-0.2, -0.15) is 5.10 Å². The van der Waals surface area contributed by atoms with Crippen molar-refractivity contribution < 1.29 is 9.18 Å². The molecule has 0 aliphatic carbocycles. The molecule has 0 unspecified atom stereocenters. The van der Waals surface area contributed by atoms with Crippen LogP contribution >= 0.6 is 0 Å². The highest BCUT2D eigenvalue weighted by Gasteiger charge is 2.21. The quantitative estimate of drug-likeness (QED) is 0.492. The Morgan fingerprint density at radius 2 is 1.67 bits per heavy atom. The Kier molecular flexibility index (Phi) is 5.84. The van der Waals surface area contributed by atoms with Crippen LogP contribution in [0.3, 0.4) is 0 Å². The highest BCUT2D eigenvalue weighted by Crippen LogP contribution is 2.25. The molecule has 0 spiro atoms. The molecule has 5 rings (SSSR count). The van der Waals surface area contributed by atoms with Crippen LogP contribution in [0.15, 0.2) is 67.1 Å². The second-order valence-electron chi connectivity index (χ2n) is 7.87. The Bertz CT molecular complexity index is 1230. The number of hydrogen-bond acceptors (Lipinski definition) is 6. The second-order valence-corrected chi connectivity index (χ2v) is 7.87. The van der Waals surface area contributed by atoms with Gasteiger partial charge in [-0.3, -0.25) is 4.79 Å². The molecule has 1 N–H and O–H groups in total. The summed E-state index contributed by atoms with van der Waals surface area (Å²) in [4.78, 5) is 25.8. The van der Waals surface area contributed by atoms with Crippen molar-refractivity contribution in [3.63, 3.8) is 0 Å². The van der Waals surface area contributed by atoms with Gasteiger partial charge in [0.15, 0.2) is 5.65 Å². The number of nitrogens with one attached hydrogen (secondary N) is 1. The van der Waals surface area contributed by atoms with Crippen LogP contribution in [0.4, 0.5) is 15.9 Å². The third-order valence-corrected chi connectivity index (χ3v) is 5.83. The van der Waals surface area contributed by atoms with Gasteiger partial charge < -0.3 is 15.1 Å². The molecular formula is C24H24FN7O. The van der Waals surface area contributed by atoms with Gasteiger partial charge in [0.05, 0.1) is 18.1 Å². The Labute approximate surface area is 190 Å². The molecule has 3 heterocycles. The number of rotatable bonds is 6. The zero-order chi connectivity index (χ0) is 22.6. The fourth-order valence-corrected chi connectivity index (χ4v) is 4.09. The summed E-state index contributed by atoms with van der Waals surface area (Å²) in [6, 6.07) is 15.9. The molecule has 1 aliphatic rings. The SMILES string of the molecule is O=C(NCCn1ncc2c(N3CCN(c4ccccc4)CC3)ncnc21)c1ccc(F)cc1. The Hall–Kier alpha value is -4.01. The van der Waals surface area contributed by atoms with E-state index in [1.54, 1.807) is 17.2 Å². The first kappa shape index (κ1) is 20.9. The highest BCUT2D eigenvalue weighted by molar-refractivity contribution is 5.94. The number of nitrogens with zero attached hydrogens (tertiary/aromatic N) is 6.